The number of benzene rings is 3. The van der Waals surface area contributed by atoms with Crippen LogP contribution in [0.25, 0.3) is 11.0 Å². The number of hydrogen-bond donors (Lipinski definition) is 1. The van der Waals surface area contributed by atoms with E-state index in [0.717, 1.165) is 54.4 Å². The summed E-state index contributed by atoms with van der Waals surface area (Å²) in [5, 5.41) is 5.18. The maximum atomic E-state index is 12.6. The minimum Gasteiger partial charge on any atom is -0.451 e. The highest BCUT2D eigenvalue weighted by Gasteiger charge is 2.20. The lowest BCUT2D eigenvalue weighted by atomic mass is 10.2. The number of carbonyl (C=O) groups excluding carboxylic acids is 1. The summed E-state index contributed by atoms with van der Waals surface area (Å²) < 4.78 is 5.64. The fourth-order valence-electron chi connectivity index (χ4n) is 4.14. The predicted octanol–water partition coefficient (Wildman–Crippen LogP) is 6.31. The van der Waals surface area contributed by atoms with Crippen LogP contribution in [0, 0.1) is 0 Å². The Bertz CT molecular complexity index is 1260. The van der Waals surface area contributed by atoms with Gasteiger partial charge in [-0.25, -0.2) is 0 Å². The fraction of sp³-hybridized carbons (Fsp3) is 0.192. The van der Waals surface area contributed by atoms with Crippen molar-refractivity contribution in [3.8, 4) is 0 Å². The summed E-state index contributed by atoms with van der Waals surface area (Å²) in [6.45, 7) is 4.43. The van der Waals surface area contributed by atoms with Gasteiger partial charge in [-0.05, 0) is 42.0 Å². The van der Waals surface area contributed by atoms with Gasteiger partial charge in [-0.1, -0.05) is 59.6 Å². The van der Waals surface area contributed by atoms with E-state index in [4.69, 9.17) is 27.6 Å². The molecule has 5 rings (SSSR count). The molecule has 1 amide bonds. The quantitative estimate of drug-likeness (QED) is 0.364. The van der Waals surface area contributed by atoms with Gasteiger partial charge in [0, 0.05) is 48.8 Å². The van der Waals surface area contributed by atoms with Gasteiger partial charge in [0.1, 0.15) is 5.58 Å². The van der Waals surface area contributed by atoms with Gasteiger partial charge in [-0.2, -0.15) is 0 Å². The van der Waals surface area contributed by atoms with Crippen molar-refractivity contribution in [3.05, 3.63) is 94.2 Å². The highest BCUT2D eigenvalue weighted by Crippen LogP contribution is 2.30. The van der Waals surface area contributed by atoms with E-state index in [0.29, 0.717) is 16.3 Å². The molecule has 0 radical (unpaired) electrons. The Hall–Kier alpha value is -2.99. The van der Waals surface area contributed by atoms with Gasteiger partial charge >= 0.3 is 0 Å². The second kappa shape index (κ2) is 9.48. The van der Waals surface area contributed by atoms with Crippen LogP contribution in [-0.2, 0) is 6.54 Å². The number of fused-ring (bicyclic) bond motifs is 1. The fourth-order valence-corrected chi connectivity index (χ4v) is 4.64. The third-order valence-corrected chi connectivity index (χ3v) is 6.59. The first-order valence-electron chi connectivity index (χ1n) is 10.9. The van der Waals surface area contributed by atoms with Crippen LogP contribution >= 0.6 is 23.2 Å². The maximum absolute atomic E-state index is 12.6. The van der Waals surface area contributed by atoms with E-state index in [-0.39, 0.29) is 11.7 Å². The molecule has 0 aliphatic carbocycles. The molecule has 1 N–H and O–H groups in total. The number of piperazine rings is 1. The van der Waals surface area contributed by atoms with Crippen LogP contribution in [0.1, 0.15) is 16.1 Å². The third kappa shape index (κ3) is 4.86. The van der Waals surface area contributed by atoms with Gasteiger partial charge in [0.25, 0.3) is 5.91 Å². The SMILES string of the molecule is O=C(Nc1ccc(N2CCN(Cc3ccccc3Cl)CC2)c(Cl)c1)c1cc2ccccc2o1. The smallest absolute Gasteiger partial charge is 0.291 e. The van der Waals surface area contributed by atoms with Crippen LogP contribution in [0.4, 0.5) is 11.4 Å². The lowest BCUT2D eigenvalue weighted by molar-refractivity contribution is 0.0998. The molecule has 1 aromatic heterocycles. The predicted molar refractivity (Wildman–Crippen MR) is 135 cm³/mol. The zero-order valence-electron chi connectivity index (χ0n) is 17.9. The summed E-state index contributed by atoms with van der Waals surface area (Å²) in [7, 11) is 0. The summed E-state index contributed by atoms with van der Waals surface area (Å²) in [5.74, 6) is -0.0331. The Morgan fingerprint density at radius 3 is 2.39 bits per heavy atom. The molecule has 1 fully saturated rings. The van der Waals surface area contributed by atoms with Gasteiger partial charge in [0.2, 0.25) is 0 Å². The molecule has 0 spiro atoms. The zero-order valence-corrected chi connectivity index (χ0v) is 19.4. The topological polar surface area (TPSA) is 48.7 Å². The van der Waals surface area contributed by atoms with Gasteiger partial charge in [-0.15, -0.1) is 0 Å². The van der Waals surface area contributed by atoms with Crippen LogP contribution in [-0.4, -0.2) is 37.0 Å². The first kappa shape index (κ1) is 21.8. The molecule has 1 aliphatic heterocycles. The molecule has 4 aromatic rings. The Labute approximate surface area is 202 Å². The highest BCUT2D eigenvalue weighted by atomic mass is 35.5. The van der Waals surface area contributed by atoms with E-state index in [1.54, 1.807) is 12.1 Å². The van der Waals surface area contributed by atoms with Gasteiger partial charge in [0.05, 0.1) is 10.7 Å². The monoisotopic (exact) mass is 479 g/mol. The molecule has 0 saturated carbocycles. The minimum absolute atomic E-state index is 0.269. The second-order valence-electron chi connectivity index (χ2n) is 8.12. The molecule has 168 valence electrons. The van der Waals surface area contributed by atoms with Crippen molar-refractivity contribution in [2.45, 2.75) is 6.54 Å². The summed E-state index contributed by atoms with van der Waals surface area (Å²) in [4.78, 5) is 17.3. The highest BCUT2D eigenvalue weighted by molar-refractivity contribution is 6.33. The molecule has 2 heterocycles. The first-order chi connectivity index (χ1) is 16.1. The van der Waals surface area contributed by atoms with Crippen molar-refractivity contribution in [1.82, 2.24) is 4.90 Å². The Morgan fingerprint density at radius 2 is 1.64 bits per heavy atom. The van der Waals surface area contributed by atoms with Gasteiger partial charge in [-0.3, -0.25) is 9.69 Å². The van der Waals surface area contributed by atoms with Crippen molar-refractivity contribution in [3.63, 3.8) is 0 Å². The number of nitrogens with zero attached hydrogens (tertiary/aromatic N) is 2. The summed E-state index contributed by atoms with van der Waals surface area (Å²) in [6.07, 6.45) is 0. The van der Waals surface area contributed by atoms with Crippen molar-refractivity contribution in [2.75, 3.05) is 36.4 Å². The van der Waals surface area contributed by atoms with Gasteiger partial charge in [0.15, 0.2) is 5.76 Å². The average molecular weight is 480 g/mol. The molecule has 33 heavy (non-hydrogen) atoms. The van der Waals surface area contributed by atoms with E-state index in [1.165, 1.54) is 0 Å². The van der Waals surface area contributed by atoms with Crippen LogP contribution in [0.3, 0.4) is 0 Å². The number of halogens is 2. The van der Waals surface area contributed by atoms with Crippen molar-refractivity contribution in [2.24, 2.45) is 0 Å². The lowest BCUT2D eigenvalue weighted by Gasteiger charge is -2.36. The van der Waals surface area contributed by atoms with Crippen LogP contribution in [0.2, 0.25) is 10.0 Å². The zero-order chi connectivity index (χ0) is 22.8. The molecule has 0 unspecified atom stereocenters. The van der Waals surface area contributed by atoms with Crippen molar-refractivity contribution in [1.29, 1.82) is 0 Å². The molecule has 5 nitrogen and oxygen atoms in total. The molecule has 1 aliphatic rings. The van der Waals surface area contributed by atoms with E-state index in [2.05, 4.69) is 21.2 Å². The lowest BCUT2D eigenvalue weighted by Crippen LogP contribution is -2.46. The average Bonchev–Trinajstić information content (AvgIpc) is 3.26. The number of rotatable bonds is 5. The molecule has 7 heteroatoms. The number of para-hydroxylation sites is 1. The van der Waals surface area contributed by atoms with Crippen molar-refractivity contribution < 1.29 is 9.21 Å². The molecule has 0 atom stereocenters. The number of furan rings is 1. The molecular weight excluding hydrogens is 457 g/mol. The first-order valence-corrected chi connectivity index (χ1v) is 11.6. The minimum atomic E-state index is -0.303. The van der Waals surface area contributed by atoms with E-state index >= 15 is 0 Å². The van der Waals surface area contributed by atoms with Crippen LogP contribution in [0.5, 0.6) is 0 Å². The standard InChI is InChI=1S/C26H23Cl2N3O2/c27-21-7-3-1-6-19(21)17-30-11-13-31(14-12-30)23-10-9-20(16-22(23)28)29-26(32)25-15-18-5-2-4-8-24(18)33-25/h1-10,15-16H,11-14,17H2,(H,29,32). The van der Waals surface area contributed by atoms with Crippen LogP contribution in [0.15, 0.2) is 77.2 Å². The maximum Gasteiger partial charge on any atom is 0.291 e. The molecule has 3 aromatic carbocycles. The second-order valence-corrected chi connectivity index (χ2v) is 8.94. The Kier molecular flexibility index (Phi) is 6.27. The van der Waals surface area contributed by atoms with Crippen LogP contribution < -0.4 is 10.2 Å². The molecular formula is C26H23Cl2N3O2. The Balaban J connectivity index is 1.21. The Morgan fingerprint density at radius 1 is 0.879 bits per heavy atom. The number of nitrogens with one attached hydrogen (secondary N) is 1. The number of amides is 1. The number of carbonyl (C=O) groups is 1. The van der Waals surface area contributed by atoms with E-state index < -0.39 is 0 Å². The largest absolute Gasteiger partial charge is 0.451 e. The summed E-state index contributed by atoms with van der Waals surface area (Å²) in [6, 6.07) is 22.9. The molecule has 1 saturated heterocycles. The summed E-state index contributed by atoms with van der Waals surface area (Å²) in [5.41, 5.74) is 3.43. The normalized spacial score (nSPS) is 14.5. The van der Waals surface area contributed by atoms with Gasteiger partial charge < -0.3 is 14.6 Å². The number of hydrogen-bond acceptors (Lipinski definition) is 4. The number of anilines is 2. The van der Waals surface area contributed by atoms with E-state index in [1.807, 2.05) is 54.6 Å². The van der Waals surface area contributed by atoms with Crippen molar-refractivity contribution >= 4 is 51.5 Å². The third-order valence-electron chi connectivity index (χ3n) is 5.92. The molecule has 0 bridgehead atoms. The van der Waals surface area contributed by atoms with E-state index in [9.17, 15) is 4.79 Å². The summed E-state index contributed by atoms with van der Waals surface area (Å²) >= 11 is 12.9.